The van der Waals surface area contributed by atoms with E-state index in [0.29, 0.717) is 5.56 Å². The summed E-state index contributed by atoms with van der Waals surface area (Å²) in [6.45, 7) is 0. The number of nitro groups is 1. The lowest BCUT2D eigenvalue weighted by Crippen LogP contribution is -1.96. The van der Waals surface area contributed by atoms with Crippen LogP contribution in [0.3, 0.4) is 0 Å². The minimum absolute atomic E-state index is 0.00244. The quantitative estimate of drug-likeness (QED) is 0.596. The van der Waals surface area contributed by atoms with Crippen molar-refractivity contribution >= 4 is 5.69 Å². The lowest BCUT2D eigenvalue weighted by atomic mass is 10.1. The van der Waals surface area contributed by atoms with Crippen LogP contribution in [-0.2, 0) is 0 Å². The van der Waals surface area contributed by atoms with Gasteiger partial charge in [-0.3, -0.25) is 15.1 Å². The molecule has 0 fully saturated rings. The minimum atomic E-state index is -0.522. The second kappa shape index (κ2) is 4.56. The van der Waals surface area contributed by atoms with Crippen LogP contribution in [0.1, 0.15) is 0 Å². The molecule has 0 spiro atoms. The van der Waals surface area contributed by atoms with Crippen LogP contribution < -0.4 is 4.74 Å². The topological polar surface area (TPSA) is 78.2 Å². The Bertz CT molecular complexity index is 543. The number of methoxy groups -OCH3 is 1. The molecule has 0 atom stereocenters. The number of hydrogen-bond acceptors (Lipinski definition) is 5. The van der Waals surface area contributed by atoms with E-state index in [9.17, 15) is 10.1 Å². The molecule has 0 saturated heterocycles. The van der Waals surface area contributed by atoms with Crippen molar-refractivity contribution in [1.29, 1.82) is 0 Å². The van der Waals surface area contributed by atoms with Gasteiger partial charge in [-0.05, 0) is 6.07 Å². The Morgan fingerprint density at radius 3 is 2.76 bits per heavy atom. The van der Waals surface area contributed by atoms with Crippen LogP contribution in [0.25, 0.3) is 11.1 Å². The van der Waals surface area contributed by atoms with Crippen molar-refractivity contribution in [3.8, 4) is 17.0 Å². The fourth-order valence-electron chi connectivity index (χ4n) is 1.42. The lowest BCUT2D eigenvalue weighted by Gasteiger charge is -2.03. The maximum absolute atomic E-state index is 10.8. The molecule has 2 heterocycles. The molecule has 6 heteroatoms. The molecule has 2 rings (SSSR count). The van der Waals surface area contributed by atoms with Crippen LogP contribution in [0, 0.1) is 10.1 Å². The van der Waals surface area contributed by atoms with E-state index in [0.717, 1.165) is 5.56 Å². The van der Waals surface area contributed by atoms with Gasteiger partial charge in [-0.25, -0.2) is 4.98 Å². The second-order valence-electron chi connectivity index (χ2n) is 3.25. The number of aromatic nitrogens is 2. The number of pyridine rings is 2. The van der Waals surface area contributed by atoms with E-state index in [1.54, 1.807) is 24.5 Å². The molecule has 0 amide bonds. The van der Waals surface area contributed by atoms with Crippen molar-refractivity contribution in [1.82, 2.24) is 9.97 Å². The van der Waals surface area contributed by atoms with E-state index in [1.165, 1.54) is 19.4 Å². The third-order valence-corrected chi connectivity index (χ3v) is 2.22. The number of hydrogen-bond donors (Lipinski definition) is 0. The first-order valence-electron chi connectivity index (χ1n) is 4.81. The smallest absolute Gasteiger partial charge is 0.331 e. The molecule has 0 aliphatic carbocycles. The zero-order valence-corrected chi connectivity index (χ0v) is 9.03. The molecule has 0 aromatic carbocycles. The molecule has 2 aromatic rings. The highest BCUT2D eigenvalue weighted by molar-refractivity contribution is 5.65. The summed E-state index contributed by atoms with van der Waals surface area (Å²) < 4.78 is 4.83. The highest BCUT2D eigenvalue weighted by Gasteiger charge is 2.17. The van der Waals surface area contributed by atoms with Crippen LogP contribution in [0.15, 0.2) is 36.8 Å². The van der Waals surface area contributed by atoms with Crippen molar-refractivity contribution in [2.75, 3.05) is 7.11 Å². The van der Waals surface area contributed by atoms with Crippen molar-refractivity contribution < 1.29 is 9.66 Å². The van der Waals surface area contributed by atoms with E-state index >= 15 is 0 Å². The minimum Gasteiger partial charge on any atom is -0.476 e. The molecule has 6 nitrogen and oxygen atoms in total. The summed E-state index contributed by atoms with van der Waals surface area (Å²) in [5, 5.41) is 10.8. The van der Waals surface area contributed by atoms with Crippen LogP contribution in [0.5, 0.6) is 5.88 Å². The highest BCUT2D eigenvalue weighted by atomic mass is 16.6. The summed E-state index contributed by atoms with van der Waals surface area (Å²) in [5.74, 6) is 0.00244. The van der Waals surface area contributed by atoms with Crippen LogP contribution in [0.4, 0.5) is 5.69 Å². The van der Waals surface area contributed by atoms with Crippen molar-refractivity contribution in [3.63, 3.8) is 0 Å². The van der Waals surface area contributed by atoms with Crippen molar-refractivity contribution in [3.05, 3.63) is 46.9 Å². The Morgan fingerprint density at radius 1 is 1.35 bits per heavy atom. The third-order valence-electron chi connectivity index (χ3n) is 2.22. The molecule has 0 unspecified atom stereocenters. The summed E-state index contributed by atoms with van der Waals surface area (Å²) in [5.41, 5.74) is 1.24. The van der Waals surface area contributed by atoms with Crippen LogP contribution in [-0.4, -0.2) is 22.0 Å². The van der Waals surface area contributed by atoms with Gasteiger partial charge < -0.3 is 4.74 Å². The maximum Gasteiger partial charge on any atom is 0.331 e. The van der Waals surface area contributed by atoms with E-state index in [2.05, 4.69) is 9.97 Å². The Hall–Kier alpha value is -2.50. The predicted molar refractivity (Wildman–Crippen MR) is 60.7 cm³/mol. The van der Waals surface area contributed by atoms with Gasteiger partial charge in [0.2, 0.25) is 0 Å². The van der Waals surface area contributed by atoms with Crippen molar-refractivity contribution in [2.24, 2.45) is 0 Å². The summed E-state index contributed by atoms with van der Waals surface area (Å²) >= 11 is 0. The molecular formula is C11H9N3O3. The number of ether oxygens (including phenoxy) is 1. The van der Waals surface area contributed by atoms with Gasteiger partial charge >= 0.3 is 5.69 Å². The zero-order chi connectivity index (χ0) is 12.3. The summed E-state index contributed by atoms with van der Waals surface area (Å²) in [6, 6.07) is 4.98. The van der Waals surface area contributed by atoms with Gasteiger partial charge in [-0.15, -0.1) is 0 Å². The molecule has 0 N–H and O–H groups in total. The van der Waals surface area contributed by atoms with Crippen LogP contribution >= 0.6 is 0 Å². The summed E-state index contributed by atoms with van der Waals surface area (Å²) in [4.78, 5) is 18.2. The van der Waals surface area contributed by atoms with Gasteiger partial charge in [0.05, 0.1) is 12.0 Å². The normalized spacial score (nSPS) is 9.94. The standard InChI is InChI=1S/C11H9N3O3/c1-17-11-10(14(15)16)5-9(7-13-11)8-3-2-4-12-6-8/h2-7H,1H3. The van der Waals surface area contributed by atoms with Gasteiger partial charge in [0.15, 0.2) is 0 Å². The SMILES string of the molecule is COc1ncc(-c2cccnc2)cc1[N+](=O)[O-]. The molecule has 86 valence electrons. The van der Waals surface area contributed by atoms with Gasteiger partial charge in [0.1, 0.15) is 0 Å². The highest BCUT2D eigenvalue weighted by Crippen LogP contribution is 2.29. The van der Waals surface area contributed by atoms with Gasteiger partial charge in [-0.2, -0.15) is 0 Å². The Labute approximate surface area is 97.1 Å². The van der Waals surface area contributed by atoms with Gasteiger partial charge in [-0.1, -0.05) is 6.07 Å². The molecule has 0 bridgehead atoms. The fraction of sp³-hybridized carbons (Fsp3) is 0.0909. The zero-order valence-electron chi connectivity index (χ0n) is 9.03. The lowest BCUT2D eigenvalue weighted by molar-refractivity contribution is -0.386. The summed E-state index contributed by atoms with van der Waals surface area (Å²) in [6.07, 6.45) is 4.77. The first-order valence-corrected chi connectivity index (χ1v) is 4.81. The second-order valence-corrected chi connectivity index (χ2v) is 3.25. The molecule has 17 heavy (non-hydrogen) atoms. The van der Waals surface area contributed by atoms with Gasteiger partial charge in [0, 0.05) is 35.8 Å². The van der Waals surface area contributed by atoms with E-state index in [-0.39, 0.29) is 11.6 Å². The largest absolute Gasteiger partial charge is 0.476 e. The van der Waals surface area contributed by atoms with Crippen LogP contribution in [0.2, 0.25) is 0 Å². The number of rotatable bonds is 3. The first-order chi connectivity index (χ1) is 8.22. The Balaban J connectivity index is 2.51. The molecule has 0 aliphatic heterocycles. The summed E-state index contributed by atoms with van der Waals surface area (Å²) in [7, 11) is 1.35. The predicted octanol–water partition coefficient (Wildman–Crippen LogP) is 2.06. The average molecular weight is 231 g/mol. The molecule has 0 aliphatic rings. The van der Waals surface area contributed by atoms with E-state index < -0.39 is 4.92 Å². The van der Waals surface area contributed by atoms with Crippen molar-refractivity contribution in [2.45, 2.75) is 0 Å². The van der Waals surface area contributed by atoms with E-state index in [1.807, 2.05) is 0 Å². The Morgan fingerprint density at radius 2 is 2.18 bits per heavy atom. The maximum atomic E-state index is 10.8. The monoisotopic (exact) mass is 231 g/mol. The molecule has 0 radical (unpaired) electrons. The first kappa shape index (κ1) is 11.0. The Kier molecular flexibility index (Phi) is 2.95. The molecule has 0 saturated carbocycles. The van der Waals surface area contributed by atoms with Gasteiger partial charge in [0.25, 0.3) is 5.88 Å². The fourth-order valence-corrected chi connectivity index (χ4v) is 1.42. The molecule has 2 aromatic heterocycles. The average Bonchev–Trinajstić information content (AvgIpc) is 2.39. The third kappa shape index (κ3) is 2.20. The van der Waals surface area contributed by atoms with E-state index in [4.69, 9.17) is 4.74 Å². The molecular weight excluding hydrogens is 222 g/mol. The number of nitrogens with zero attached hydrogens (tertiary/aromatic N) is 3.